The van der Waals surface area contributed by atoms with E-state index in [0.717, 1.165) is 49.2 Å². The van der Waals surface area contributed by atoms with Crippen molar-refractivity contribution in [1.29, 1.82) is 0 Å². The van der Waals surface area contributed by atoms with Crippen molar-refractivity contribution in [3.8, 4) is 16.9 Å². The van der Waals surface area contributed by atoms with Crippen LogP contribution in [-0.4, -0.2) is 67.3 Å². The topological polar surface area (TPSA) is 111 Å². The maximum Gasteiger partial charge on any atom is 0.412 e. The lowest BCUT2D eigenvalue weighted by Gasteiger charge is -2.35. The molecule has 10 heteroatoms. The first kappa shape index (κ1) is 23.6. The van der Waals surface area contributed by atoms with E-state index < -0.39 is 15.9 Å². The van der Waals surface area contributed by atoms with Crippen molar-refractivity contribution >= 4 is 21.6 Å². The molecule has 1 aromatic carbocycles. The normalized spacial score (nSPS) is 19.3. The molecule has 2 aromatic rings. The van der Waals surface area contributed by atoms with Gasteiger partial charge < -0.3 is 14.6 Å². The molecule has 2 aliphatic heterocycles. The van der Waals surface area contributed by atoms with Crippen molar-refractivity contribution in [2.24, 2.45) is 5.92 Å². The van der Waals surface area contributed by atoms with E-state index in [9.17, 15) is 18.3 Å². The summed E-state index contributed by atoms with van der Waals surface area (Å²) in [5.41, 5.74) is 3.21. The molecule has 1 aromatic heterocycles. The van der Waals surface area contributed by atoms with Crippen molar-refractivity contribution in [2.45, 2.75) is 45.2 Å². The predicted molar refractivity (Wildman–Crippen MR) is 125 cm³/mol. The highest BCUT2D eigenvalue weighted by Crippen LogP contribution is 2.43. The van der Waals surface area contributed by atoms with E-state index in [1.807, 2.05) is 25.3 Å². The second-order valence-electron chi connectivity index (χ2n) is 8.97. The molecular formula is C23H31N3O6S. The van der Waals surface area contributed by atoms with Crippen molar-refractivity contribution in [3.05, 3.63) is 30.1 Å². The highest BCUT2D eigenvalue weighted by Gasteiger charge is 2.32. The van der Waals surface area contributed by atoms with Crippen LogP contribution < -0.4 is 9.64 Å². The average molecular weight is 478 g/mol. The van der Waals surface area contributed by atoms with Crippen LogP contribution in [0.4, 0.5) is 10.5 Å². The van der Waals surface area contributed by atoms with Gasteiger partial charge in [-0.05, 0) is 50.7 Å². The Hall–Kier alpha value is -2.59. The van der Waals surface area contributed by atoms with Crippen LogP contribution in [0, 0.1) is 5.92 Å². The highest BCUT2D eigenvalue weighted by atomic mass is 32.2. The van der Waals surface area contributed by atoms with Crippen LogP contribution in [0.3, 0.4) is 0 Å². The number of rotatable bonds is 7. The summed E-state index contributed by atoms with van der Waals surface area (Å²) in [4.78, 5) is 13.4. The van der Waals surface area contributed by atoms with Crippen LogP contribution in [0.2, 0.25) is 0 Å². The molecule has 0 unspecified atom stereocenters. The van der Waals surface area contributed by atoms with Gasteiger partial charge in [-0.3, -0.25) is 9.58 Å². The van der Waals surface area contributed by atoms with Gasteiger partial charge in [0.25, 0.3) is 0 Å². The number of hydrogen-bond donors (Lipinski definition) is 1. The monoisotopic (exact) mass is 477 g/mol. The molecule has 0 radical (unpaired) electrons. The fourth-order valence-electron chi connectivity index (χ4n) is 4.49. The zero-order valence-corrected chi connectivity index (χ0v) is 19.9. The number of carbonyl (C=O) groups is 1. The van der Waals surface area contributed by atoms with E-state index in [4.69, 9.17) is 9.47 Å². The minimum Gasteiger partial charge on any atom is -0.492 e. The van der Waals surface area contributed by atoms with E-state index >= 15 is 0 Å². The Labute approximate surface area is 194 Å². The molecule has 0 spiro atoms. The zero-order chi connectivity index (χ0) is 23.6. The molecule has 1 N–H and O–H groups in total. The fraction of sp³-hybridized carbons (Fsp3) is 0.565. The zero-order valence-electron chi connectivity index (χ0n) is 19.1. The molecule has 0 saturated carbocycles. The number of hydrogen-bond acceptors (Lipinski definition) is 6. The van der Waals surface area contributed by atoms with Gasteiger partial charge in [-0.2, -0.15) is 5.10 Å². The number of aryl methyl sites for hydroxylation is 1. The van der Waals surface area contributed by atoms with Gasteiger partial charge in [0.2, 0.25) is 0 Å². The molecule has 4 rings (SSSR count). The predicted octanol–water partition coefficient (Wildman–Crippen LogP) is 3.22. The number of ether oxygens (including phenoxy) is 2. The summed E-state index contributed by atoms with van der Waals surface area (Å²) in [5, 5.41) is 14.1. The molecule has 0 aliphatic carbocycles. The van der Waals surface area contributed by atoms with Crippen LogP contribution in [0.15, 0.2) is 24.5 Å². The molecule has 1 fully saturated rings. The number of amides is 1. The largest absolute Gasteiger partial charge is 0.492 e. The first-order valence-electron chi connectivity index (χ1n) is 11.3. The quantitative estimate of drug-likeness (QED) is 0.652. The Balaban J connectivity index is 1.69. The number of anilines is 1. The summed E-state index contributed by atoms with van der Waals surface area (Å²) in [7, 11) is -3.10. The molecular weight excluding hydrogens is 446 g/mol. The molecule has 9 nitrogen and oxygen atoms in total. The Kier molecular flexibility index (Phi) is 6.94. The smallest absolute Gasteiger partial charge is 0.412 e. The summed E-state index contributed by atoms with van der Waals surface area (Å²) < 4.78 is 36.5. The molecule has 2 aliphatic rings. The van der Waals surface area contributed by atoms with Gasteiger partial charge >= 0.3 is 6.09 Å². The maximum atomic E-state index is 12.0. The Morgan fingerprint density at radius 3 is 2.73 bits per heavy atom. The van der Waals surface area contributed by atoms with Gasteiger partial charge in [-0.1, -0.05) is 0 Å². The molecule has 3 heterocycles. The highest BCUT2D eigenvalue weighted by molar-refractivity contribution is 7.90. The fourth-order valence-corrected chi connectivity index (χ4v) is 5.01. The second kappa shape index (κ2) is 9.72. The van der Waals surface area contributed by atoms with Gasteiger partial charge in [-0.25, -0.2) is 13.2 Å². The minimum absolute atomic E-state index is 0.0108. The molecule has 1 atom stereocenters. The van der Waals surface area contributed by atoms with Gasteiger partial charge in [0, 0.05) is 48.4 Å². The molecule has 0 bridgehead atoms. The summed E-state index contributed by atoms with van der Waals surface area (Å²) in [6.45, 7) is 4.18. The first-order chi connectivity index (χ1) is 15.7. The van der Waals surface area contributed by atoms with Crippen molar-refractivity contribution < 1.29 is 27.8 Å². The number of benzene rings is 1. The molecule has 1 amide bonds. The SMILES string of the molecule is C[C@H]1CCc2c(ccc(-c3cnn(CCS(C)(=O)=O)c3)c2OCC2CCOCC2)N1C(=O)O. The van der Waals surface area contributed by atoms with Crippen LogP contribution in [-0.2, 0) is 27.5 Å². The van der Waals surface area contributed by atoms with Crippen LogP contribution >= 0.6 is 0 Å². The molecule has 1 saturated heterocycles. The maximum absolute atomic E-state index is 12.0. The van der Waals surface area contributed by atoms with Gasteiger partial charge in [0.1, 0.15) is 15.6 Å². The molecule has 180 valence electrons. The Bertz CT molecular complexity index is 1110. The third-order valence-electron chi connectivity index (χ3n) is 6.39. The van der Waals surface area contributed by atoms with Crippen molar-refractivity contribution in [3.63, 3.8) is 0 Å². The van der Waals surface area contributed by atoms with Gasteiger partial charge in [-0.15, -0.1) is 0 Å². The first-order valence-corrected chi connectivity index (χ1v) is 13.4. The lowest BCUT2D eigenvalue weighted by atomic mass is 9.92. The third kappa shape index (κ3) is 5.50. The lowest BCUT2D eigenvalue weighted by molar-refractivity contribution is 0.0497. The summed E-state index contributed by atoms with van der Waals surface area (Å²) in [6.07, 6.45) is 7.06. The summed E-state index contributed by atoms with van der Waals surface area (Å²) >= 11 is 0. The third-order valence-corrected chi connectivity index (χ3v) is 7.32. The van der Waals surface area contributed by atoms with Gasteiger partial charge in [0.15, 0.2) is 0 Å². The van der Waals surface area contributed by atoms with Crippen LogP contribution in [0.25, 0.3) is 11.1 Å². The Morgan fingerprint density at radius 2 is 2.03 bits per heavy atom. The number of nitrogens with zero attached hydrogens (tertiary/aromatic N) is 3. The summed E-state index contributed by atoms with van der Waals surface area (Å²) in [6, 6.07) is 3.61. The van der Waals surface area contributed by atoms with E-state index in [-0.39, 0.29) is 18.3 Å². The van der Waals surface area contributed by atoms with Crippen molar-refractivity contribution in [1.82, 2.24) is 9.78 Å². The number of aromatic nitrogens is 2. The second-order valence-corrected chi connectivity index (χ2v) is 11.2. The molecule has 33 heavy (non-hydrogen) atoms. The number of carboxylic acid groups (broad SMARTS) is 1. The van der Waals surface area contributed by atoms with Crippen LogP contribution in [0.1, 0.15) is 31.7 Å². The standard InChI is InChI=1S/C23H31N3O6S/c1-16-3-4-20-21(26(16)23(27)28)6-5-19(22(20)32-15-17-7-10-31-11-8-17)18-13-24-25(14-18)9-12-33(2,29)30/h5-6,13-14,16-17H,3-4,7-12,15H2,1-2H3,(H,27,28)/t16-/m0/s1. The average Bonchev–Trinajstić information content (AvgIpc) is 3.24. The van der Waals surface area contributed by atoms with Gasteiger partial charge in [0.05, 0.1) is 30.8 Å². The lowest BCUT2D eigenvalue weighted by Crippen LogP contribution is -2.41. The van der Waals surface area contributed by atoms with Crippen molar-refractivity contribution in [2.75, 3.05) is 36.7 Å². The van der Waals surface area contributed by atoms with E-state index in [1.54, 1.807) is 10.9 Å². The van der Waals surface area contributed by atoms with E-state index in [1.165, 1.54) is 11.2 Å². The van der Waals surface area contributed by atoms with Crippen LogP contribution in [0.5, 0.6) is 5.75 Å². The summed E-state index contributed by atoms with van der Waals surface area (Å²) in [5.74, 6) is 1.09. The minimum atomic E-state index is -3.10. The van der Waals surface area contributed by atoms with E-state index in [0.29, 0.717) is 30.4 Å². The number of fused-ring (bicyclic) bond motifs is 1. The number of sulfone groups is 1. The Morgan fingerprint density at radius 1 is 1.27 bits per heavy atom. The van der Waals surface area contributed by atoms with E-state index in [2.05, 4.69) is 5.10 Å².